The van der Waals surface area contributed by atoms with Crippen molar-refractivity contribution in [2.45, 2.75) is 18.9 Å². The maximum Gasteiger partial charge on any atom is 0.340 e. The standard InChI is InChI=1S/C12H16N2O2/c1-14(8-6-7-8)10-5-3-4-9(11(10)13)12(15)16-2/h3-5,8H,6-7,13H2,1-2H3. The van der Waals surface area contributed by atoms with Crippen molar-refractivity contribution in [2.24, 2.45) is 0 Å². The number of carbonyl (C=O) groups excluding carboxylic acids is 1. The van der Waals surface area contributed by atoms with Gasteiger partial charge in [-0.05, 0) is 25.0 Å². The van der Waals surface area contributed by atoms with Gasteiger partial charge in [0.25, 0.3) is 0 Å². The van der Waals surface area contributed by atoms with E-state index >= 15 is 0 Å². The molecule has 0 radical (unpaired) electrons. The lowest BCUT2D eigenvalue weighted by molar-refractivity contribution is 0.0602. The SMILES string of the molecule is COC(=O)c1cccc(N(C)C2CC2)c1N. The zero-order valence-corrected chi connectivity index (χ0v) is 9.56. The zero-order valence-electron chi connectivity index (χ0n) is 9.56. The summed E-state index contributed by atoms with van der Waals surface area (Å²) in [4.78, 5) is 13.6. The molecule has 1 fully saturated rings. The van der Waals surface area contributed by atoms with Crippen LogP contribution in [0.4, 0.5) is 11.4 Å². The Hall–Kier alpha value is -1.71. The highest BCUT2D eigenvalue weighted by molar-refractivity contribution is 5.98. The van der Waals surface area contributed by atoms with Crippen molar-refractivity contribution in [3.8, 4) is 0 Å². The molecule has 0 unspecified atom stereocenters. The molecule has 0 bridgehead atoms. The van der Waals surface area contributed by atoms with E-state index in [-0.39, 0.29) is 5.97 Å². The van der Waals surface area contributed by atoms with Gasteiger partial charge in [0.05, 0.1) is 24.0 Å². The lowest BCUT2D eigenvalue weighted by atomic mass is 10.1. The van der Waals surface area contributed by atoms with Crippen LogP contribution in [0, 0.1) is 0 Å². The van der Waals surface area contributed by atoms with Gasteiger partial charge >= 0.3 is 5.97 Å². The molecule has 16 heavy (non-hydrogen) atoms. The van der Waals surface area contributed by atoms with Crippen LogP contribution in [0.25, 0.3) is 0 Å². The van der Waals surface area contributed by atoms with E-state index in [2.05, 4.69) is 4.90 Å². The number of rotatable bonds is 3. The molecule has 2 N–H and O–H groups in total. The Balaban J connectivity index is 2.35. The van der Waals surface area contributed by atoms with Crippen LogP contribution in [-0.4, -0.2) is 26.2 Å². The minimum absolute atomic E-state index is 0.386. The van der Waals surface area contributed by atoms with Crippen molar-refractivity contribution in [3.63, 3.8) is 0 Å². The van der Waals surface area contributed by atoms with E-state index in [1.54, 1.807) is 6.07 Å². The second kappa shape index (κ2) is 4.04. The summed E-state index contributed by atoms with van der Waals surface area (Å²) in [7, 11) is 3.36. The maximum absolute atomic E-state index is 11.5. The quantitative estimate of drug-likeness (QED) is 0.621. The predicted octanol–water partition coefficient (Wildman–Crippen LogP) is 1.65. The summed E-state index contributed by atoms with van der Waals surface area (Å²) in [6, 6.07) is 6.01. The molecule has 0 saturated heterocycles. The monoisotopic (exact) mass is 220 g/mol. The van der Waals surface area contributed by atoms with Crippen LogP contribution in [0.5, 0.6) is 0 Å². The molecule has 4 nitrogen and oxygen atoms in total. The maximum atomic E-state index is 11.5. The highest BCUT2D eigenvalue weighted by Crippen LogP contribution is 2.34. The number of para-hydroxylation sites is 1. The minimum Gasteiger partial charge on any atom is -0.465 e. The third-order valence-corrected chi connectivity index (χ3v) is 2.96. The van der Waals surface area contributed by atoms with Crippen molar-refractivity contribution in [1.29, 1.82) is 0 Å². The molecule has 0 spiro atoms. The van der Waals surface area contributed by atoms with Crippen LogP contribution in [0.1, 0.15) is 23.2 Å². The summed E-state index contributed by atoms with van der Waals surface area (Å²) in [6.07, 6.45) is 2.39. The first kappa shape index (κ1) is 10.8. The number of anilines is 2. The van der Waals surface area contributed by atoms with E-state index in [1.165, 1.54) is 20.0 Å². The molecule has 0 heterocycles. The van der Waals surface area contributed by atoms with E-state index < -0.39 is 0 Å². The first-order valence-electron chi connectivity index (χ1n) is 5.34. The Morgan fingerprint density at radius 1 is 1.50 bits per heavy atom. The molecule has 1 aromatic carbocycles. The third kappa shape index (κ3) is 1.83. The van der Waals surface area contributed by atoms with Gasteiger partial charge in [-0.25, -0.2) is 4.79 Å². The molecule has 1 aliphatic rings. The average Bonchev–Trinajstić information content (AvgIpc) is 3.11. The number of ether oxygens (including phenoxy) is 1. The van der Waals surface area contributed by atoms with Crippen LogP contribution in [0.3, 0.4) is 0 Å². The van der Waals surface area contributed by atoms with Crippen LogP contribution in [0.15, 0.2) is 18.2 Å². The Morgan fingerprint density at radius 3 is 2.75 bits per heavy atom. The summed E-state index contributed by atoms with van der Waals surface area (Å²) in [5, 5.41) is 0. The van der Waals surface area contributed by atoms with Crippen LogP contribution < -0.4 is 10.6 Å². The molecule has 86 valence electrons. The number of esters is 1. The molecule has 2 rings (SSSR count). The number of hydrogen-bond acceptors (Lipinski definition) is 4. The van der Waals surface area contributed by atoms with Crippen LogP contribution in [-0.2, 0) is 4.74 Å². The largest absolute Gasteiger partial charge is 0.465 e. The first-order chi connectivity index (χ1) is 7.65. The van der Waals surface area contributed by atoms with Crippen molar-refractivity contribution in [1.82, 2.24) is 0 Å². The van der Waals surface area contributed by atoms with Gasteiger partial charge in [0.1, 0.15) is 0 Å². The number of nitrogens with two attached hydrogens (primary N) is 1. The highest BCUT2D eigenvalue weighted by atomic mass is 16.5. The van der Waals surface area contributed by atoms with Gasteiger partial charge in [0.2, 0.25) is 0 Å². The average molecular weight is 220 g/mol. The molecule has 0 amide bonds. The Labute approximate surface area is 95.0 Å². The van der Waals surface area contributed by atoms with E-state index in [4.69, 9.17) is 10.5 Å². The zero-order chi connectivity index (χ0) is 11.7. The number of nitrogens with zero attached hydrogens (tertiary/aromatic N) is 1. The Bertz CT molecular complexity index is 413. The van der Waals surface area contributed by atoms with Crippen molar-refractivity contribution in [2.75, 3.05) is 24.8 Å². The third-order valence-electron chi connectivity index (χ3n) is 2.96. The fourth-order valence-electron chi connectivity index (χ4n) is 1.81. The second-order valence-electron chi connectivity index (χ2n) is 4.07. The Morgan fingerprint density at radius 2 is 2.19 bits per heavy atom. The second-order valence-corrected chi connectivity index (χ2v) is 4.07. The first-order valence-corrected chi connectivity index (χ1v) is 5.34. The summed E-state index contributed by atoms with van der Waals surface area (Å²) in [6.45, 7) is 0. The summed E-state index contributed by atoms with van der Waals surface area (Å²) in [5.41, 5.74) is 7.83. The molecular formula is C12H16N2O2. The fourth-order valence-corrected chi connectivity index (χ4v) is 1.81. The number of methoxy groups -OCH3 is 1. The molecular weight excluding hydrogens is 204 g/mol. The lowest BCUT2D eigenvalue weighted by Crippen LogP contribution is -2.21. The van der Waals surface area contributed by atoms with E-state index in [9.17, 15) is 4.79 Å². The number of nitrogen functional groups attached to an aromatic ring is 1. The molecule has 1 saturated carbocycles. The topological polar surface area (TPSA) is 55.6 Å². The van der Waals surface area contributed by atoms with Crippen molar-refractivity contribution < 1.29 is 9.53 Å². The molecule has 1 aliphatic carbocycles. The van der Waals surface area contributed by atoms with E-state index in [1.807, 2.05) is 19.2 Å². The van der Waals surface area contributed by atoms with Crippen molar-refractivity contribution >= 4 is 17.3 Å². The number of hydrogen-bond donors (Lipinski definition) is 1. The molecule has 4 heteroatoms. The Kier molecular flexibility index (Phi) is 2.73. The lowest BCUT2D eigenvalue weighted by Gasteiger charge is -2.21. The summed E-state index contributed by atoms with van der Waals surface area (Å²) in [5.74, 6) is -0.386. The molecule has 0 aliphatic heterocycles. The number of benzene rings is 1. The van der Waals surface area contributed by atoms with Gasteiger partial charge in [-0.15, -0.1) is 0 Å². The van der Waals surface area contributed by atoms with Gasteiger partial charge in [-0.1, -0.05) is 6.07 Å². The van der Waals surface area contributed by atoms with Gasteiger partial charge in [-0.3, -0.25) is 0 Å². The fraction of sp³-hybridized carbons (Fsp3) is 0.417. The van der Waals surface area contributed by atoms with E-state index in [0.717, 1.165) is 5.69 Å². The van der Waals surface area contributed by atoms with Gasteiger partial charge < -0.3 is 15.4 Å². The van der Waals surface area contributed by atoms with Gasteiger partial charge in [0.15, 0.2) is 0 Å². The van der Waals surface area contributed by atoms with Gasteiger partial charge in [0, 0.05) is 13.1 Å². The predicted molar refractivity (Wildman–Crippen MR) is 63.6 cm³/mol. The molecule has 1 aromatic rings. The van der Waals surface area contributed by atoms with Crippen molar-refractivity contribution in [3.05, 3.63) is 23.8 Å². The smallest absolute Gasteiger partial charge is 0.340 e. The highest BCUT2D eigenvalue weighted by Gasteiger charge is 2.28. The van der Waals surface area contributed by atoms with Crippen LogP contribution in [0.2, 0.25) is 0 Å². The van der Waals surface area contributed by atoms with E-state index in [0.29, 0.717) is 17.3 Å². The minimum atomic E-state index is -0.386. The molecule has 0 aromatic heterocycles. The van der Waals surface area contributed by atoms with Crippen LogP contribution >= 0.6 is 0 Å². The van der Waals surface area contributed by atoms with Gasteiger partial charge in [-0.2, -0.15) is 0 Å². The summed E-state index contributed by atoms with van der Waals surface area (Å²) >= 11 is 0. The summed E-state index contributed by atoms with van der Waals surface area (Å²) < 4.78 is 4.69. The molecule has 0 atom stereocenters. The number of carbonyl (C=O) groups is 1. The normalized spacial score (nSPS) is 14.6.